The molecule has 1 aromatic rings. The van der Waals surface area contributed by atoms with Gasteiger partial charge >= 0.3 is 0 Å². The number of alkyl halides is 1. The first-order valence-corrected chi connectivity index (χ1v) is 7.32. The van der Waals surface area contributed by atoms with Crippen LogP contribution in [-0.4, -0.2) is 22.3 Å². The second-order valence-electron chi connectivity index (χ2n) is 5.89. The number of nitrogens with zero attached hydrogens (tertiary/aromatic N) is 1. The highest BCUT2D eigenvalue weighted by atomic mass is 79.9. The molecule has 100 valence electrons. The first-order valence-electron chi connectivity index (χ1n) is 6.20. The number of hydrogen-bond donors (Lipinski definition) is 0. The van der Waals surface area contributed by atoms with Crippen molar-refractivity contribution >= 4 is 15.9 Å². The quantitative estimate of drug-likeness (QED) is 0.797. The summed E-state index contributed by atoms with van der Waals surface area (Å²) in [5.41, 5.74) is 0.610. The molecule has 18 heavy (non-hydrogen) atoms. The molecule has 1 saturated heterocycles. The number of halogens is 1. The Hall–Kier alpha value is -0.610. The fourth-order valence-corrected chi connectivity index (χ4v) is 2.75. The number of rotatable bonds is 3. The highest BCUT2D eigenvalue weighted by Crippen LogP contribution is 2.39. The lowest BCUT2D eigenvalue weighted by atomic mass is 9.97. The van der Waals surface area contributed by atoms with Crippen molar-refractivity contribution in [2.24, 2.45) is 0 Å². The van der Waals surface area contributed by atoms with Crippen LogP contribution < -0.4 is 4.74 Å². The highest BCUT2D eigenvalue weighted by Gasteiger charge is 2.47. The average molecular weight is 314 g/mol. The van der Waals surface area contributed by atoms with Gasteiger partial charge in [-0.25, -0.2) is 0 Å². The van der Waals surface area contributed by atoms with Gasteiger partial charge in [-0.2, -0.15) is 0 Å². The molecular formula is C14H20BrNO2. The van der Waals surface area contributed by atoms with Gasteiger partial charge in [0.2, 0.25) is 0 Å². The van der Waals surface area contributed by atoms with Crippen LogP contribution in [0.25, 0.3) is 0 Å². The monoisotopic (exact) mass is 313 g/mol. The molecule has 0 saturated carbocycles. The first kappa shape index (κ1) is 13.8. The van der Waals surface area contributed by atoms with Crippen LogP contribution in [0.4, 0.5) is 0 Å². The van der Waals surface area contributed by atoms with Gasteiger partial charge in [-0.05, 0) is 39.8 Å². The molecule has 1 unspecified atom stereocenters. The largest absolute Gasteiger partial charge is 0.486 e. The van der Waals surface area contributed by atoms with E-state index in [1.807, 2.05) is 12.1 Å². The van der Waals surface area contributed by atoms with Crippen molar-refractivity contribution in [3.63, 3.8) is 0 Å². The zero-order valence-corrected chi connectivity index (χ0v) is 13.0. The summed E-state index contributed by atoms with van der Waals surface area (Å²) in [4.78, 5) is 4.31. The summed E-state index contributed by atoms with van der Waals surface area (Å²) in [6.07, 6.45) is 2.72. The minimum Gasteiger partial charge on any atom is -0.486 e. The van der Waals surface area contributed by atoms with Crippen LogP contribution in [0.15, 0.2) is 18.3 Å². The molecule has 1 fully saturated rings. The van der Waals surface area contributed by atoms with Crippen LogP contribution in [0.5, 0.6) is 5.75 Å². The molecule has 1 aromatic heterocycles. The molecule has 0 aromatic carbocycles. The van der Waals surface area contributed by atoms with Crippen LogP contribution in [0.1, 0.15) is 39.8 Å². The SMILES string of the molecule is CC1(C)CC(Oc2ccc(CBr)nc2)C(C)(C)O1. The number of ether oxygens (including phenoxy) is 2. The summed E-state index contributed by atoms with van der Waals surface area (Å²) in [7, 11) is 0. The van der Waals surface area contributed by atoms with E-state index in [0.717, 1.165) is 23.2 Å². The fraction of sp³-hybridized carbons (Fsp3) is 0.643. The molecular weight excluding hydrogens is 294 g/mol. The Morgan fingerprint density at radius 3 is 2.56 bits per heavy atom. The Labute approximate surface area is 117 Å². The number of pyridine rings is 1. The Kier molecular flexibility index (Phi) is 3.70. The molecule has 4 heteroatoms. The zero-order chi connectivity index (χ0) is 13.4. The predicted molar refractivity (Wildman–Crippen MR) is 75.1 cm³/mol. The standard InChI is InChI=1S/C14H20BrNO2/c1-13(2)7-12(14(3,4)18-13)17-11-6-5-10(8-15)16-9-11/h5-6,9,12H,7-8H2,1-4H3. The van der Waals surface area contributed by atoms with Crippen LogP contribution in [0.2, 0.25) is 0 Å². The van der Waals surface area contributed by atoms with Crippen LogP contribution in [0, 0.1) is 0 Å². The summed E-state index contributed by atoms with van der Waals surface area (Å²) in [5.74, 6) is 0.805. The maximum Gasteiger partial charge on any atom is 0.138 e. The summed E-state index contributed by atoms with van der Waals surface area (Å²) < 4.78 is 12.0. The van der Waals surface area contributed by atoms with E-state index in [1.165, 1.54) is 0 Å². The lowest BCUT2D eigenvalue weighted by molar-refractivity contribution is -0.0846. The molecule has 3 nitrogen and oxygen atoms in total. The molecule has 1 atom stereocenters. The Bertz CT molecular complexity index is 414. The van der Waals surface area contributed by atoms with Gasteiger partial charge in [-0.3, -0.25) is 4.98 Å². The van der Waals surface area contributed by atoms with E-state index in [1.54, 1.807) is 6.20 Å². The van der Waals surface area contributed by atoms with E-state index < -0.39 is 0 Å². The van der Waals surface area contributed by atoms with E-state index in [-0.39, 0.29) is 17.3 Å². The zero-order valence-electron chi connectivity index (χ0n) is 11.4. The summed E-state index contributed by atoms with van der Waals surface area (Å²) >= 11 is 3.38. The van der Waals surface area contributed by atoms with Gasteiger partial charge in [0, 0.05) is 11.8 Å². The van der Waals surface area contributed by atoms with Crippen molar-refractivity contribution in [2.75, 3.05) is 0 Å². The highest BCUT2D eigenvalue weighted by molar-refractivity contribution is 9.08. The molecule has 0 aliphatic carbocycles. The number of hydrogen-bond acceptors (Lipinski definition) is 3. The summed E-state index contributed by atoms with van der Waals surface area (Å²) in [6, 6.07) is 3.93. The van der Waals surface area contributed by atoms with E-state index in [4.69, 9.17) is 9.47 Å². The Balaban J connectivity index is 2.09. The van der Waals surface area contributed by atoms with Crippen molar-refractivity contribution < 1.29 is 9.47 Å². The van der Waals surface area contributed by atoms with Gasteiger partial charge in [-0.15, -0.1) is 0 Å². The van der Waals surface area contributed by atoms with Crippen LogP contribution >= 0.6 is 15.9 Å². The Morgan fingerprint density at radius 1 is 1.39 bits per heavy atom. The molecule has 0 amide bonds. The molecule has 2 heterocycles. The summed E-state index contributed by atoms with van der Waals surface area (Å²) in [6.45, 7) is 8.36. The van der Waals surface area contributed by atoms with Crippen molar-refractivity contribution in [1.82, 2.24) is 4.98 Å². The van der Waals surface area contributed by atoms with Crippen molar-refractivity contribution in [2.45, 2.75) is 56.8 Å². The van der Waals surface area contributed by atoms with Crippen molar-refractivity contribution in [3.05, 3.63) is 24.0 Å². The molecule has 2 rings (SSSR count). The van der Waals surface area contributed by atoms with E-state index >= 15 is 0 Å². The van der Waals surface area contributed by atoms with Crippen molar-refractivity contribution in [3.8, 4) is 5.75 Å². The maximum absolute atomic E-state index is 6.02. The third-order valence-corrected chi connectivity index (χ3v) is 3.78. The van der Waals surface area contributed by atoms with Crippen LogP contribution in [0.3, 0.4) is 0 Å². The predicted octanol–water partition coefficient (Wildman–Crippen LogP) is 3.70. The van der Waals surface area contributed by atoms with Crippen molar-refractivity contribution in [1.29, 1.82) is 0 Å². The maximum atomic E-state index is 6.02. The third-order valence-electron chi connectivity index (χ3n) is 3.20. The lowest BCUT2D eigenvalue weighted by Crippen LogP contribution is -2.36. The summed E-state index contributed by atoms with van der Waals surface area (Å²) in [5, 5.41) is 0.762. The van der Waals surface area contributed by atoms with Gasteiger partial charge in [0.15, 0.2) is 0 Å². The van der Waals surface area contributed by atoms with E-state index in [2.05, 4.69) is 48.6 Å². The first-order chi connectivity index (χ1) is 8.32. The lowest BCUT2D eigenvalue weighted by Gasteiger charge is -2.27. The van der Waals surface area contributed by atoms with Gasteiger partial charge in [0.05, 0.1) is 17.5 Å². The molecule has 1 aliphatic heterocycles. The molecule has 0 N–H and O–H groups in total. The second kappa shape index (κ2) is 4.82. The van der Waals surface area contributed by atoms with E-state index in [9.17, 15) is 0 Å². The molecule has 1 aliphatic rings. The minimum absolute atomic E-state index is 0.0594. The molecule has 0 bridgehead atoms. The van der Waals surface area contributed by atoms with E-state index in [0.29, 0.717) is 0 Å². The number of aromatic nitrogens is 1. The normalized spacial score (nSPS) is 25.1. The van der Waals surface area contributed by atoms with Crippen LogP contribution in [-0.2, 0) is 10.1 Å². The topological polar surface area (TPSA) is 31.4 Å². The Morgan fingerprint density at radius 2 is 2.11 bits per heavy atom. The van der Waals surface area contributed by atoms with Gasteiger partial charge in [0.1, 0.15) is 17.5 Å². The van der Waals surface area contributed by atoms with Gasteiger partial charge < -0.3 is 9.47 Å². The second-order valence-corrected chi connectivity index (χ2v) is 6.46. The fourth-order valence-electron chi connectivity index (χ4n) is 2.42. The third kappa shape index (κ3) is 3.04. The molecule has 0 radical (unpaired) electrons. The molecule has 0 spiro atoms. The minimum atomic E-state index is -0.266. The average Bonchev–Trinajstić information content (AvgIpc) is 2.48. The smallest absolute Gasteiger partial charge is 0.138 e. The van der Waals surface area contributed by atoms with Gasteiger partial charge in [-0.1, -0.05) is 15.9 Å². The van der Waals surface area contributed by atoms with Gasteiger partial charge in [0.25, 0.3) is 0 Å².